The Bertz CT molecular complexity index is 551. The molecule has 0 fully saturated rings. The van der Waals surface area contributed by atoms with Gasteiger partial charge in [-0.05, 0) is 13.3 Å². The van der Waals surface area contributed by atoms with E-state index in [1.165, 1.54) is 89.3 Å². The van der Waals surface area contributed by atoms with Crippen LogP contribution in [0.1, 0.15) is 89.7 Å². The number of hydrogen-bond acceptors (Lipinski definition) is 4. The molecule has 0 saturated heterocycles. The van der Waals surface area contributed by atoms with Crippen molar-refractivity contribution in [3.8, 4) is 0 Å². The Morgan fingerprint density at radius 2 is 1.37 bits per heavy atom. The van der Waals surface area contributed by atoms with Crippen LogP contribution in [0.5, 0.6) is 0 Å². The average molecular weight is 405 g/mol. The lowest BCUT2D eigenvalue weighted by molar-refractivity contribution is -0.754. The molecule has 27 heavy (non-hydrogen) atoms. The van der Waals surface area contributed by atoms with Crippen LogP contribution in [0.25, 0.3) is 0 Å². The number of unbranched alkanes of at least 4 members (excludes halogenated alkanes) is 11. The summed E-state index contributed by atoms with van der Waals surface area (Å²) in [7, 11) is -1.47. The normalized spacial score (nSPS) is 11.3. The Kier molecular flexibility index (Phi) is 15.5. The number of aryl methyl sites for hydroxylation is 2. The summed E-state index contributed by atoms with van der Waals surface area (Å²) in [4.78, 5) is 0. The second-order valence-electron chi connectivity index (χ2n) is 7.12. The lowest BCUT2D eigenvalue weighted by Crippen LogP contribution is -2.38. The Morgan fingerprint density at radius 3 is 1.70 bits per heavy atom. The van der Waals surface area contributed by atoms with E-state index >= 15 is 0 Å². The molecule has 6 nitrogen and oxygen atoms in total. The molecule has 1 heterocycles. The van der Waals surface area contributed by atoms with Gasteiger partial charge in [-0.2, -0.15) is 4.68 Å². The zero-order valence-electron chi connectivity index (χ0n) is 17.8. The lowest BCUT2D eigenvalue weighted by atomic mass is 10.1. The van der Waals surface area contributed by atoms with Crippen molar-refractivity contribution in [2.75, 3.05) is 7.11 Å². The van der Waals surface area contributed by atoms with Crippen LogP contribution in [0.4, 0.5) is 0 Å². The molecule has 1 rings (SSSR count). The van der Waals surface area contributed by atoms with E-state index in [1.807, 2.05) is 0 Å². The topological polar surface area (TPSA) is 75.2 Å². The van der Waals surface area contributed by atoms with Crippen molar-refractivity contribution < 1.29 is 21.8 Å². The van der Waals surface area contributed by atoms with E-state index in [1.54, 1.807) is 0 Å². The minimum absolute atomic E-state index is 0.808. The Balaban J connectivity index is 0.000000972. The zero-order valence-corrected chi connectivity index (χ0v) is 18.6. The van der Waals surface area contributed by atoms with Crippen molar-refractivity contribution in [3.05, 3.63) is 18.0 Å². The third-order valence-corrected chi connectivity index (χ3v) is 5.16. The van der Waals surface area contributed by atoms with E-state index in [4.69, 9.17) is 0 Å². The number of hydrogen-bond donors (Lipinski definition) is 0. The fourth-order valence-electron chi connectivity index (χ4n) is 3.07. The number of aromatic nitrogens is 2. The first-order valence-electron chi connectivity index (χ1n) is 10.3. The third kappa shape index (κ3) is 15.8. The molecule has 0 atom stereocenters. The van der Waals surface area contributed by atoms with Crippen molar-refractivity contribution in [1.29, 1.82) is 0 Å². The molecule has 0 saturated carbocycles. The fraction of sp³-hybridized carbons (Fsp3) is 0.850. The van der Waals surface area contributed by atoms with Crippen LogP contribution < -0.4 is 4.68 Å². The maximum absolute atomic E-state index is 9.22. The van der Waals surface area contributed by atoms with Gasteiger partial charge in [0.05, 0.1) is 19.3 Å². The summed E-state index contributed by atoms with van der Waals surface area (Å²) in [5.74, 6) is 0. The molecule has 0 unspecified atom stereocenters. The van der Waals surface area contributed by atoms with Gasteiger partial charge in [-0.15, -0.1) is 4.68 Å². The van der Waals surface area contributed by atoms with Gasteiger partial charge in [0.25, 0.3) is 0 Å². The molecule has 0 N–H and O–H groups in total. The summed E-state index contributed by atoms with van der Waals surface area (Å²) in [6.07, 6.45) is 19.2. The van der Waals surface area contributed by atoms with Crippen LogP contribution in [0.3, 0.4) is 0 Å². The van der Waals surface area contributed by atoms with Crippen LogP contribution in [0.15, 0.2) is 12.3 Å². The van der Waals surface area contributed by atoms with Crippen LogP contribution >= 0.6 is 0 Å². The van der Waals surface area contributed by atoms with E-state index in [-0.39, 0.29) is 0 Å². The summed E-state index contributed by atoms with van der Waals surface area (Å²) in [5, 5.41) is 0. The molecule has 0 bridgehead atoms. The van der Waals surface area contributed by atoms with E-state index in [9.17, 15) is 13.0 Å². The predicted molar refractivity (Wildman–Crippen MR) is 108 cm³/mol. The van der Waals surface area contributed by atoms with Gasteiger partial charge in [0, 0.05) is 6.07 Å². The van der Waals surface area contributed by atoms with E-state index in [2.05, 4.69) is 46.7 Å². The molecule has 0 aromatic carbocycles. The molecule has 0 amide bonds. The third-order valence-electron chi connectivity index (χ3n) is 4.75. The highest BCUT2D eigenvalue weighted by atomic mass is 32.3. The summed E-state index contributed by atoms with van der Waals surface area (Å²) in [6.45, 7) is 5.66. The molecule has 1 aromatic rings. The van der Waals surface area contributed by atoms with E-state index in [0.29, 0.717) is 0 Å². The average Bonchev–Trinajstić information content (AvgIpc) is 2.94. The van der Waals surface area contributed by atoms with Crippen molar-refractivity contribution in [1.82, 2.24) is 4.68 Å². The fourth-order valence-corrected chi connectivity index (χ4v) is 3.07. The summed E-state index contributed by atoms with van der Waals surface area (Å²) in [6, 6.07) is 2.19. The molecule has 0 radical (unpaired) electrons. The largest absolute Gasteiger partial charge is 0.726 e. The summed E-state index contributed by atoms with van der Waals surface area (Å²) >= 11 is 0. The second kappa shape index (κ2) is 16.1. The minimum Gasteiger partial charge on any atom is -0.726 e. The predicted octanol–water partition coefficient (Wildman–Crippen LogP) is 4.42. The van der Waals surface area contributed by atoms with Gasteiger partial charge in [-0.3, -0.25) is 4.18 Å². The quantitative estimate of drug-likeness (QED) is 0.199. The van der Waals surface area contributed by atoms with Gasteiger partial charge in [0.1, 0.15) is 0 Å². The van der Waals surface area contributed by atoms with Crippen molar-refractivity contribution in [2.24, 2.45) is 7.05 Å². The second-order valence-corrected chi connectivity index (χ2v) is 8.27. The maximum atomic E-state index is 9.22. The Morgan fingerprint density at radius 1 is 0.963 bits per heavy atom. The van der Waals surface area contributed by atoms with Crippen molar-refractivity contribution >= 4 is 10.4 Å². The molecule has 1 aromatic heterocycles. The van der Waals surface area contributed by atoms with Crippen molar-refractivity contribution in [3.63, 3.8) is 0 Å². The molecular formula is C20H40N2O4S. The van der Waals surface area contributed by atoms with Crippen LogP contribution in [-0.2, 0) is 28.2 Å². The van der Waals surface area contributed by atoms with Gasteiger partial charge in [-0.25, -0.2) is 8.42 Å². The minimum atomic E-state index is -4.41. The maximum Gasteiger partial charge on any atom is 0.217 e. The zero-order chi connectivity index (χ0) is 20.5. The van der Waals surface area contributed by atoms with Gasteiger partial charge in [0.2, 0.25) is 10.4 Å². The molecule has 0 aliphatic carbocycles. The molecule has 160 valence electrons. The van der Waals surface area contributed by atoms with Gasteiger partial charge in [-0.1, -0.05) is 77.6 Å². The number of rotatable bonds is 14. The van der Waals surface area contributed by atoms with Crippen LogP contribution in [-0.4, -0.2) is 24.8 Å². The van der Waals surface area contributed by atoms with Crippen molar-refractivity contribution in [2.45, 2.75) is 97.4 Å². The van der Waals surface area contributed by atoms with E-state index < -0.39 is 10.4 Å². The molecule has 0 spiro atoms. The Labute approximate surface area is 166 Å². The van der Waals surface area contributed by atoms with Crippen LogP contribution in [0.2, 0.25) is 0 Å². The monoisotopic (exact) mass is 404 g/mol. The first-order chi connectivity index (χ1) is 12.8. The standard InChI is InChI=1S/C19H37N2.CH4O4S/c1-4-5-6-7-8-9-10-11-12-13-14-15-17-21-19(2)16-18-20(21)3;1-5-6(2,3)4/h16,18H,4-15,17H2,1-3H3;1H3,(H,2,3,4)/q+1;/p-1. The summed E-state index contributed by atoms with van der Waals surface area (Å²) in [5.41, 5.74) is 1.38. The highest BCUT2D eigenvalue weighted by Crippen LogP contribution is 2.12. The molecular weight excluding hydrogens is 364 g/mol. The SMILES string of the molecule is CCCCCCCCCCCCCCn1c(C)cc[n+]1C.COS(=O)(=O)[O-]. The summed E-state index contributed by atoms with van der Waals surface area (Å²) < 4.78 is 35.6. The highest BCUT2D eigenvalue weighted by Gasteiger charge is 2.06. The van der Waals surface area contributed by atoms with Gasteiger partial charge in [0.15, 0.2) is 13.2 Å². The van der Waals surface area contributed by atoms with Gasteiger partial charge < -0.3 is 4.55 Å². The van der Waals surface area contributed by atoms with Crippen LogP contribution in [0, 0.1) is 6.92 Å². The number of nitrogens with zero attached hydrogens (tertiary/aromatic N) is 2. The van der Waals surface area contributed by atoms with Gasteiger partial charge >= 0.3 is 0 Å². The highest BCUT2D eigenvalue weighted by molar-refractivity contribution is 7.80. The smallest absolute Gasteiger partial charge is 0.217 e. The molecule has 0 aliphatic heterocycles. The first kappa shape index (κ1) is 26.1. The van der Waals surface area contributed by atoms with E-state index in [0.717, 1.165) is 7.11 Å². The first-order valence-corrected chi connectivity index (χ1v) is 11.7. The Hall–Kier alpha value is -0.920. The molecule has 0 aliphatic rings. The lowest BCUT2D eigenvalue weighted by Gasteiger charge is -2.04. The molecule has 7 heteroatoms.